The summed E-state index contributed by atoms with van der Waals surface area (Å²) in [6, 6.07) is 14.3. The average molecular weight is 824 g/mol. The van der Waals surface area contributed by atoms with Crippen LogP contribution in [0.3, 0.4) is 0 Å². The van der Waals surface area contributed by atoms with E-state index in [1.807, 2.05) is 0 Å². The highest BCUT2D eigenvalue weighted by atomic mass is 16.6. The summed E-state index contributed by atoms with van der Waals surface area (Å²) >= 11 is 0. The summed E-state index contributed by atoms with van der Waals surface area (Å²) in [5.74, 6) is -6.00. The fourth-order valence-electron chi connectivity index (χ4n) is 9.65. The van der Waals surface area contributed by atoms with Gasteiger partial charge in [0.2, 0.25) is 0 Å². The standard InChI is InChI=1S/C43H53NO15/c1-22-26(56-37(52)32(49)30(24-14-10-8-11-15-24)44-38(53)59-39(3,4)5)19-43(54)35(57-36(51)25-16-12-9-13-17-25)33-41(20-45,34(50)31(48)29(22)40(43,6)7)27(47)18-28-42(33,21-55-28)58-23(2)46/h8-17,26-28,30-33,35,45,47-49,54H,18-21H2,1-7H3,(H,44,53)/t26-,27-,28+,30-,31+,32+,33-,35-,41+,42-,43+/m0/s1. The van der Waals surface area contributed by atoms with Crippen LogP contribution in [0, 0.1) is 16.7 Å². The van der Waals surface area contributed by atoms with Crippen LogP contribution < -0.4 is 5.32 Å². The highest BCUT2D eigenvalue weighted by Crippen LogP contribution is 2.64. The molecule has 4 aliphatic rings. The van der Waals surface area contributed by atoms with Crippen molar-refractivity contribution >= 4 is 29.8 Å². The second-order valence-corrected chi connectivity index (χ2v) is 17.5. The third-order valence-electron chi connectivity index (χ3n) is 12.6. The Morgan fingerprint density at radius 3 is 2.14 bits per heavy atom. The summed E-state index contributed by atoms with van der Waals surface area (Å²) in [4.78, 5) is 69.1. The number of ketones is 1. The molecule has 16 heteroatoms. The maximum atomic E-state index is 15.0. The topological polar surface area (TPSA) is 245 Å². The summed E-state index contributed by atoms with van der Waals surface area (Å²) in [6.45, 7) is 8.92. The van der Waals surface area contributed by atoms with Crippen LogP contribution in [0.25, 0.3) is 0 Å². The Labute approximate surface area is 341 Å². The molecule has 1 heterocycles. The minimum Gasteiger partial charge on any atom is -0.456 e. The van der Waals surface area contributed by atoms with E-state index in [9.17, 15) is 44.7 Å². The number of benzene rings is 2. The fraction of sp³-hybridized carbons (Fsp3) is 0.558. The summed E-state index contributed by atoms with van der Waals surface area (Å²) in [5, 5.41) is 62.9. The van der Waals surface area contributed by atoms with Crippen LogP contribution in [0.4, 0.5) is 4.79 Å². The Morgan fingerprint density at radius 1 is 0.983 bits per heavy atom. The Balaban J connectivity index is 1.50. The molecule has 2 bridgehead atoms. The first-order valence-electron chi connectivity index (χ1n) is 19.5. The number of esters is 3. The van der Waals surface area contributed by atoms with Gasteiger partial charge in [-0.15, -0.1) is 0 Å². The number of aliphatic hydroxyl groups is 5. The molecular weight excluding hydrogens is 770 g/mol. The maximum absolute atomic E-state index is 15.0. The summed E-state index contributed by atoms with van der Waals surface area (Å²) in [6.07, 6.45) is -12.5. The molecule has 0 radical (unpaired) electrons. The lowest BCUT2D eigenvalue weighted by Gasteiger charge is -2.67. The lowest BCUT2D eigenvalue weighted by molar-refractivity contribution is -0.350. The summed E-state index contributed by atoms with van der Waals surface area (Å²) < 4.78 is 29.3. The second kappa shape index (κ2) is 15.7. The van der Waals surface area contributed by atoms with Crippen LogP contribution in [0.1, 0.15) is 83.3 Å². The highest BCUT2D eigenvalue weighted by molar-refractivity contribution is 5.94. The van der Waals surface area contributed by atoms with Gasteiger partial charge < -0.3 is 54.5 Å². The summed E-state index contributed by atoms with van der Waals surface area (Å²) in [5.41, 5.74) is -9.16. The zero-order valence-electron chi connectivity index (χ0n) is 34.0. The second-order valence-electron chi connectivity index (χ2n) is 17.5. The van der Waals surface area contributed by atoms with Crippen molar-refractivity contribution in [1.82, 2.24) is 5.32 Å². The first-order valence-corrected chi connectivity index (χ1v) is 19.5. The molecule has 3 aliphatic carbocycles. The molecule has 1 saturated heterocycles. The molecule has 6 N–H and O–H groups in total. The van der Waals surface area contributed by atoms with Crippen molar-refractivity contribution < 1.29 is 73.2 Å². The minimum absolute atomic E-state index is 0.0227. The van der Waals surface area contributed by atoms with Crippen molar-refractivity contribution in [2.24, 2.45) is 16.7 Å². The lowest BCUT2D eigenvalue weighted by atomic mass is 9.44. The third kappa shape index (κ3) is 7.33. The molecule has 0 spiro atoms. The van der Waals surface area contributed by atoms with Gasteiger partial charge in [0.15, 0.2) is 17.5 Å². The number of ether oxygens (including phenoxy) is 5. The minimum atomic E-state index is -2.47. The molecule has 2 saturated carbocycles. The first kappa shape index (κ1) is 43.9. The van der Waals surface area contributed by atoms with E-state index in [1.54, 1.807) is 69.3 Å². The first-order chi connectivity index (χ1) is 27.6. The third-order valence-corrected chi connectivity index (χ3v) is 12.6. The lowest BCUT2D eigenvalue weighted by Crippen LogP contribution is -2.83. The normalized spacial score (nSPS) is 33.3. The number of aliphatic hydroxyl groups excluding tert-OH is 4. The number of carbonyl (C=O) groups excluding carboxylic acids is 5. The van der Waals surface area contributed by atoms with Crippen LogP contribution in [0.2, 0.25) is 0 Å². The zero-order chi connectivity index (χ0) is 43.5. The van der Waals surface area contributed by atoms with Gasteiger partial charge in [0.05, 0.1) is 42.3 Å². The van der Waals surface area contributed by atoms with Gasteiger partial charge in [-0.1, -0.05) is 62.4 Å². The SMILES string of the molecule is CC(=O)O[C@@]12CO[C@@H]1C[C@H](O)[C@@]1(CO)C(=O)[C@H](O)C3=C(C)[C@@H](OC(=O)[C@H](O)[C@@H](NC(=O)OC(C)(C)C)c4ccccc4)C[C@@](O)([C@@H](OC(=O)c4ccccc4)[C@H]21)C3(C)C. The van der Waals surface area contributed by atoms with Crippen LogP contribution in [-0.4, -0.2) is 122 Å². The average Bonchev–Trinajstić information content (AvgIpc) is 3.16. The van der Waals surface area contributed by atoms with Gasteiger partial charge >= 0.3 is 24.0 Å². The Kier molecular flexibility index (Phi) is 11.7. The van der Waals surface area contributed by atoms with Gasteiger partial charge in [-0.05, 0) is 56.5 Å². The van der Waals surface area contributed by atoms with Crippen LogP contribution in [0.15, 0.2) is 71.8 Å². The van der Waals surface area contributed by atoms with Crippen LogP contribution >= 0.6 is 0 Å². The van der Waals surface area contributed by atoms with E-state index in [4.69, 9.17) is 23.7 Å². The van der Waals surface area contributed by atoms with Gasteiger partial charge in [0.25, 0.3) is 0 Å². The molecule has 0 unspecified atom stereocenters. The largest absolute Gasteiger partial charge is 0.456 e. The van der Waals surface area contributed by atoms with Crippen molar-refractivity contribution in [3.63, 3.8) is 0 Å². The molecule has 0 aromatic heterocycles. The van der Waals surface area contributed by atoms with Crippen molar-refractivity contribution in [3.05, 3.63) is 82.9 Å². The molecule has 59 heavy (non-hydrogen) atoms. The zero-order valence-corrected chi connectivity index (χ0v) is 34.0. The number of carbonyl (C=O) groups is 5. The van der Waals surface area contributed by atoms with Gasteiger partial charge in [0.1, 0.15) is 35.6 Å². The summed E-state index contributed by atoms with van der Waals surface area (Å²) in [7, 11) is 0. The fourth-order valence-corrected chi connectivity index (χ4v) is 9.65. The smallest absolute Gasteiger partial charge is 0.408 e. The van der Waals surface area contributed by atoms with Gasteiger partial charge in [-0.3, -0.25) is 9.59 Å². The number of fused-ring (bicyclic) bond motifs is 5. The molecule has 1 amide bonds. The van der Waals surface area contributed by atoms with Crippen LogP contribution in [-0.2, 0) is 38.1 Å². The number of rotatable bonds is 9. The van der Waals surface area contributed by atoms with Crippen molar-refractivity contribution in [2.45, 2.75) is 121 Å². The number of Topliss-reactive ketones (excluding diaryl/α,β-unsaturated/α-hetero) is 1. The number of hydrogen-bond donors (Lipinski definition) is 6. The number of amides is 1. The molecule has 1 aliphatic heterocycles. The molecule has 320 valence electrons. The van der Waals surface area contributed by atoms with E-state index in [2.05, 4.69) is 5.32 Å². The van der Waals surface area contributed by atoms with E-state index in [1.165, 1.54) is 32.9 Å². The van der Waals surface area contributed by atoms with E-state index in [0.29, 0.717) is 5.56 Å². The van der Waals surface area contributed by atoms with Gasteiger partial charge in [0, 0.05) is 25.2 Å². The van der Waals surface area contributed by atoms with Crippen molar-refractivity contribution in [2.75, 3.05) is 13.2 Å². The molecule has 2 aromatic carbocycles. The number of hydrogen-bond acceptors (Lipinski definition) is 15. The van der Waals surface area contributed by atoms with Crippen molar-refractivity contribution in [1.29, 1.82) is 0 Å². The van der Waals surface area contributed by atoms with E-state index in [0.717, 1.165) is 6.92 Å². The molecule has 11 atom stereocenters. The molecule has 3 fully saturated rings. The Morgan fingerprint density at radius 2 is 1.59 bits per heavy atom. The molecule has 6 rings (SSSR count). The monoisotopic (exact) mass is 823 g/mol. The number of nitrogens with one attached hydrogen (secondary N) is 1. The van der Waals surface area contributed by atoms with E-state index in [-0.39, 0.29) is 23.1 Å². The Hall–Kier alpha value is -4.71. The maximum Gasteiger partial charge on any atom is 0.408 e. The highest BCUT2D eigenvalue weighted by Gasteiger charge is 2.79. The van der Waals surface area contributed by atoms with Crippen molar-refractivity contribution in [3.8, 4) is 0 Å². The van der Waals surface area contributed by atoms with E-state index < -0.39 is 126 Å². The van der Waals surface area contributed by atoms with Gasteiger partial charge in [-0.2, -0.15) is 0 Å². The van der Waals surface area contributed by atoms with Crippen LogP contribution in [0.5, 0.6) is 0 Å². The Bertz CT molecular complexity index is 2000. The van der Waals surface area contributed by atoms with Gasteiger partial charge in [-0.25, -0.2) is 14.4 Å². The quantitative estimate of drug-likeness (QED) is 0.121. The molecule has 2 aromatic rings. The predicted molar refractivity (Wildman–Crippen MR) is 205 cm³/mol. The van der Waals surface area contributed by atoms with E-state index >= 15 is 4.79 Å². The predicted octanol–water partition coefficient (Wildman–Crippen LogP) is 2.23. The molecular formula is C43H53NO15. The molecule has 16 nitrogen and oxygen atoms in total. The number of alkyl carbamates (subject to hydrolysis) is 1.